The van der Waals surface area contributed by atoms with Crippen LogP contribution in [0.2, 0.25) is 0 Å². The van der Waals surface area contributed by atoms with Crippen LogP contribution < -0.4 is 10.6 Å². The van der Waals surface area contributed by atoms with Crippen molar-refractivity contribution in [2.45, 2.75) is 34.1 Å². The van der Waals surface area contributed by atoms with Crippen LogP contribution in [-0.4, -0.2) is 12.8 Å². The molecule has 120 valence electrons. The summed E-state index contributed by atoms with van der Waals surface area (Å²) < 4.78 is 0. The molecular formula is C19H22N2O2. The highest BCUT2D eigenvalue weighted by molar-refractivity contribution is 5.77. The van der Waals surface area contributed by atoms with Gasteiger partial charge in [0.2, 0.25) is 12.8 Å². The Kier molecular flexibility index (Phi) is 5.16. The van der Waals surface area contributed by atoms with Crippen molar-refractivity contribution in [2.75, 3.05) is 10.6 Å². The molecule has 0 aliphatic carbocycles. The number of amides is 2. The summed E-state index contributed by atoms with van der Waals surface area (Å²) in [6, 6.07) is 8.39. The minimum atomic E-state index is 0.709. The van der Waals surface area contributed by atoms with Crippen molar-refractivity contribution in [3.8, 4) is 0 Å². The zero-order chi connectivity index (χ0) is 17.0. The van der Waals surface area contributed by atoms with Crippen LogP contribution in [0.4, 0.5) is 11.4 Å². The zero-order valence-electron chi connectivity index (χ0n) is 14.0. The van der Waals surface area contributed by atoms with E-state index in [1.54, 1.807) is 0 Å². The van der Waals surface area contributed by atoms with Crippen molar-refractivity contribution in [2.24, 2.45) is 0 Å². The van der Waals surface area contributed by atoms with Crippen molar-refractivity contribution < 1.29 is 9.59 Å². The quantitative estimate of drug-likeness (QED) is 0.800. The van der Waals surface area contributed by atoms with Crippen molar-refractivity contribution in [1.29, 1.82) is 0 Å². The smallest absolute Gasteiger partial charge is 0.211 e. The molecule has 2 amide bonds. The first-order valence-corrected chi connectivity index (χ1v) is 7.57. The van der Waals surface area contributed by atoms with Crippen LogP contribution in [-0.2, 0) is 16.0 Å². The lowest BCUT2D eigenvalue weighted by atomic mass is 9.96. The van der Waals surface area contributed by atoms with Gasteiger partial charge in [-0.3, -0.25) is 9.59 Å². The summed E-state index contributed by atoms with van der Waals surface area (Å²) in [6.07, 6.45) is 2.23. The van der Waals surface area contributed by atoms with Gasteiger partial charge < -0.3 is 10.6 Å². The van der Waals surface area contributed by atoms with Gasteiger partial charge in [0.25, 0.3) is 0 Å². The van der Waals surface area contributed by atoms with Gasteiger partial charge in [-0.15, -0.1) is 0 Å². The summed E-state index contributed by atoms with van der Waals surface area (Å²) in [4.78, 5) is 21.3. The van der Waals surface area contributed by atoms with Crippen LogP contribution in [0.25, 0.3) is 0 Å². The van der Waals surface area contributed by atoms with E-state index in [9.17, 15) is 9.59 Å². The van der Waals surface area contributed by atoms with E-state index in [0.717, 1.165) is 40.0 Å². The van der Waals surface area contributed by atoms with Crippen LogP contribution in [0.5, 0.6) is 0 Å². The van der Waals surface area contributed by atoms with Crippen LogP contribution in [0.3, 0.4) is 0 Å². The topological polar surface area (TPSA) is 58.2 Å². The molecule has 2 rings (SSSR count). The molecule has 0 radical (unpaired) electrons. The highest BCUT2D eigenvalue weighted by Crippen LogP contribution is 2.26. The number of carbonyl (C=O) groups excluding carboxylic acids is 2. The highest BCUT2D eigenvalue weighted by Gasteiger charge is 2.08. The summed E-state index contributed by atoms with van der Waals surface area (Å²) in [7, 11) is 0. The van der Waals surface area contributed by atoms with E-state index in [1.165, 1.54) is 11.1 Å². The van der Waals surface area contributed by atoms with Gasteiger partial charge in [-0.25, -0.2) is 0 Å². The fraction of sp³-hybridized carbons (Fsp3) is 0.263. The standard InChI is InChI=1S/C19H22N2O2/c1-12-5-16(6-13(2)18(12)20-10-22)9-17-7-14(3)19(21-11-23)15(4)8-17/h5-8,10-11H,9H2,1-4H3,(H,20,22)(H,21,23). The van der Waals surface area contributed by atoms with Gasteiger partial charge in [-0.2, -0.15) is 0 Å². The van der Waals surface area contributed by atoms with Crippen molar-refractivity contribution in [1.82, 2.24) is 0 Å². The second kappa shape index (κ2) is 7.09. The van der Waals surface area contributed by atoms with E-state index < -0.39 is 0 Å². The lowest BCUT2D eigenvalue weighted by Crippen LogP contribution is -2.02. The van der Waals surface area contributed by atoms with E-state index in [0.29, 0.717) is 12.8 Å². The fourth-order valence-corrected chi connectivity index (χ4v) is 3.12. The number of aryl methyl sites for hydroxylation is 4. The molecule has 0 saturated carbocycles. The first kappa shape index (κ1) is 16.7. The molecule has 0 aromatic heterocycles. The summed E-state index contributed by atoms with van der Waals surface area (Å²) in [5.41, 5.74) is 8.38. The van der Waals surface area contributed by atoms with E-state index in [4.69, 9.17) is 0 Å². The molecule has 23 heavy (non-hydrogen) atoms. The number of nitrogens with one attached hydrogen (secondary N) is 2. The van der Waals surface area contributed by atoms with Crippen LogP contribution in [0.15, 0.2) is 24.3 Å². The van der Waals surface area contributed by atoms with E-state index in [1.807, 2.05) is 27.7 Å². The lowest BCUT2D eigenvalue weighted by Gasteiger charge is -2.14. The average Bonchev–Trinajstić information content (AvgIpc) is 2.47. The van der Waals surface area contributed by atoms with Crippen LogP contribution >= 0.6 is 0 Å². The molecule has 0 saturated heterocycles. The highest BCUT2D eigenvalue weighted by atomic mass is 16.1. The number of hydrogen-bond acceptors (Lipinski definition) is 2. The molecule has 0 atom stereocenters. The van der Waals surface area contributed by atoms with Crippen molar-refractivity contribution in [3.63, 3.8) is 0 Å². The Morgan fingerprint density at radius 1 is 0.696 bits per heavy atom. The molecule has 2 aromatic rings. The minimum Gasteiger partial charge on any atom is -0.328 e. The third-order valence-corrected chi connectivity index (χ3v) is 4.00. The van der Waals surface area contributed by atoms with Gasteiger partial charge in [0.05, 0.1) is 0 Å². The Morgan fingerprint density at radius 3 is 1.26 bits per heavy atom. The maximum Gasteiger partial charge on any atom is 0.211 e. The number of rotatable bonds is 6. The van der Waals surface area contributed by atoms with Gasteiger partial charge in [0, 0.05) is 11.4 Å². The molecule has 0 spiro atoms. The predicted molar refractivity (Wildman–Crippen MR) is 94.0 cm³/mol. The number of carbonyl (C=O) groups is 2. The average molecular weight is 310 g/mol. The van der Waals surface area contributed by atoms with Crippen LogP contribution in [0.1, 0.15) is 33.4 Å². The van der Waals surface area contributed by atoms with Gasteiger partial charge in [0.15, 0.2) is 0 Å². The van der Waals surface area contributed by atoms with Crippen LogP contribution in [0, 0.1) is 27.7 Å². The molecule has 0 heterocycles. The first-order chi connectivity index (χ1) is 11.0. The van der Waals surface area contributed by atoms with Gasteiger partial charge in [-0.05, 0) is 67.5 Å². The molecule has 2 N–H and O–H groups in total. The summed E-state index contributed by atoms with van der Waals surface area (Å²) in [5.74, 6) is 0. The Bertz CT molecular complexity index is 642. The molecule has 0 bridgehead atoms. The summed E-state index contributed by atoms with van der Waals surface area (Å²) in [5, 5.41) is 5.51. The van der Waals surface area contributed by atoms with Crippen molar-refractivity contribution >= 4 is 24.2 Å². The Hall–Kier alpha value is -2.62. The maximum atomic E-state index is 10.7. The lowest BCUT2D eigenvalue weighted by molar-refractivity contribution is -0.106. The first-order valence-electron chi connectivity index (χ1n) is 7.57. The largest absolute Gasteiger partial charge is 0.328 e. The molecule has 4 nitrogen and oxygen atoms in total. The minimum absolute atomic E-state index is 0.709. The summed E-state index contributed by atoms with van der Waals surface area (Å²) >= 11 is 0. The molecule has 4 heteroatoms. The number of hydrogen-bond donors (Lipinski definition) is 2. The zero-order valence-corrected chi connectivity index (χ0v) is 14.0. The van der Waals surface area contributed by atoms with E-state index >= 15 is 0 Å². The maximum absolute atomic E-state index is 10.7. The van der Waals surface area contributed by atoms with Gasteiger partial charge >= 0.3 is 0 Å². The molecule has 0 aliphatic heterocycles. The SMILES string of the molecule is Cc1cc(Cc2cc(C)c(NC=O)c(C)c2)cc(C)c1NC=O. The second-order valence-electron chi connectivity index (χ2n) is 5.91. The number of anilines is 2. The molecule has 0 fully saturated rings. The van der Waals surface area contributed by atoms with E-state index in [-0.39, 0.29) is 0 Å². The molecule has 0 aliphatic rings. The normalized spacial score (nSPS) is 10.3. The van der Waals surface area contributed by atoms with Gasteiger partial charge in [0.1, 0.15) is 0 Å². The van der Waals surface area contributed by atoms with Gasteiger partial charge in [-0.1, -0.05) is 24.3 Å². The molecular weight excluding hydrogens is 288 g/mol. The fourth-order valence-electron chi connectivity index (χ4n) is 3.12. The Labute approximate surface area is 136 Å². The second-order valence-corrected chi connectivity index (χ2v) is 5.91. The number of benzene rings is 2. The van der Waals surface area contributed by atoms with E-state index in [2.05, 4.69) is 34.9 Å². The Morgan fingerprint density at radius 2 is 1.00 bits per heavy atom. The Balaban J connectivity index is 2.32. The summed E-state index contributed by atoms with van der Waals surface area (Å²) in [6.45, 7) is 7.98. The third kappa shape index (κ3) is 3.77. The molecule has 0 unspecified atom stereocenters. The van der Waals surface area contributed by atoms with Crippen molar-refractivity contribution in [3.05, 3.63) is 57.6 Å². The monoisotopic (exact) mass is 310 g/mol. The molecule has 2 aromatic carbocycles. The third-order valence-electron chi connectivity index (χ3n) is 4.00. The predicted octanol–water partition coefficient (Wildman–Crippen LogP) is 3.65.